The third-order valence-electron chi connectivity index (χ3n) is 1.82. The average molecular weight is 128 g/mol. The van der Waals surface area contributed by atoms with Gasteiger partial charge in [0.25, 0.3) is 0 Å². The molecule has 0 aromatic heterocycles. The summed E-state index contributed by atoms with van der Waals surface area (Å²) in [4.78, 5) is 0. The molecule has 1 heterocycles. The Morgan fingerprint density at radius 3 is 3.00 bits per heavy atom. The number of rotatable bonds is 1. The summed E-state index contributed by atoms with van der Waals surface area (Å²) < 4.78 is 0. The lowest BCUT2D eigenvalue weighted by atomic mass is 10.2. The molecule has 0 atom stereocenters. The van der Waals surface area contributed by atoms with Gasteiger partial charge in [-0.25, -0.2) is 5.01 Å². The zero-order valence-electron chi connectivity index (χ0n) is 6.19. The van der Waals surface area contributed by atoms with Crippen molar-refractivity contribution in [1.82, 2.24) is 10.4 Å². The molecule has 1 aliphatic heterocycles. The van der Waals surface area contributed by atoms with E-state index < -0.39 is 0 Å². The van der Waals surface area contributed by atoms with Crippen molar-refractivity contribution in [3.05, 3.63) is 0 Å². The van der Waals surface area contributed by atoms with Crippen molar-refractivity contribution in [2.45, 2.75) is 26.2 Å². The standard InChI is InChI=1S/C7H16N2/c1-2-9-7-5-3-4-6-8-9/h8H,2-7H2,1H3. The minimum atomic E-state index is 1.14. The lowest BCUT2D eigenvalue weighted by molar-refractivity contribution is 0.213. The Morgan fingerprint density at radius 2 is 2.22 bits per heavy atom. The van der Waals surface area contributed by atoms with E-state index >= 15 is 0 Å². The van der Waals surface area contributed by atoms with Crippen molar-refractivity contribution >= 4 is 0 Å². The van der Waals surface area contributed by atoms with Crippen molar-refractivity contribution in [2.75, 3.05) is 19.6 Å². The molecule has 1 aliphatic rings. The Balaban J connectivity index is 2.18. The van der Waals surface area contributed by atoms with Crippen molar-refractivity contribution in [3.8, 4) is 0 Å². The van der Waals surface area contributed by atoms with Crippen molar-refractivity contribution in [1.29, 1.82) is 0 Å². The molecule has 0 amide bonds. The minimum Gasteiger partial charge on any atom is -0.255 e. The van der Waals surface area contributed by atoms with Crippen molar-refractivity contribution in [3.63, 3.8) is 0 Å². The predicted octanol–water partition coefficient (Wildman–Crippen LogP) is 0.997. The van der Waals surface area contributed by atoms with Gasteiger partial charge in [0.2, 0.25) is 0 Å². The van der Waals surface area contributed by atoms with Gasteiger partial charge in [-0.2, -0.15) is 0 Å². The fourth-order valence-corrected chi connectivity index (χ4v) is 1.19. The van der Waals surface area contributed by atoms with Gasteiger partial charge < -0.3 is 0 Å². The predicted molar refractivity (Wildman–Crippen MR) is 39.1 cm³/mol. The van der Waals surface area contributed by atoms with Gasteiger partial charge in [-0.15, -0.1) is 0 Å². The van der Waals surface area contributed by atoms with Gasteiger partial charge >= 0.3 is 0 Å². The second kappa shape index (κ2) is 3.85. The molecule has 9 heavy (non-hydrogen) atoms. The van der Waals surface area contributed by atoms with Crippen LogP contribution in [0.1, 0.15) is 26.2 Å². The zero-order chi connectivity index (χ0) is 6.53. The van der Waals surface area contributed by atoms with Gasteiger partial charge in [0, 0.05) is 19.6 Å². The van der Waals surface area contributed by atoms with Crippen LogP contribution in [0.4, 0.5) is 0 Å². The second-order valence-corrected chi connectivity index (χ2v) is 2.55. The van der Waals surface area contributed by atoms with Gasteiger partial charge in [0.05, 0.1) is 0 Å². The molecule has 2 heteroatoms. The third-order valence-corrected chi connectivity index (χ3v) is 1.82. The van der Waals surface area contributed by atoms with Crippen LogP contribution in [-0.2, 0) is 0 Å². The average Bonchev–Trinajstić information content (AvgIpc) is 2.13. The maximum absolute atomic E-state index is 3.36. The molecule has 1 saturated heterocycles. The fraction of sp³-hybridized carbons (Fsp3) is 1.00. The molecular weight excluding hydrogens is 112 g/mol. The molecule has 0 aromatic rings. The normalized spacial score (nSPS) is 23.7. The molecule has 1 N–H and O–H groups in total. The maximum Gasteiger partial charge on any atom is 0.0130 e. The largest absolute Gasteiger partial charge is 0.255 e. The summed E-state index contributed by atoms with van der Waals surface area (Å²) in [6, 6.07) is 0. The molecule has 0 radical (unpaired) electrons. The Hall–Kier alpha value is -0.0800. The highest BCUT2D eigenvalue weighted by Crippen LogP contribution is 2.00. The number of nitrogens with zero attached hydrogens (tertiary/aromatic N) is 1. The van der Waals surface area contributed by atoms with Gasteiger partial charge in [-0.05, 0) is 12.8 Å². The number of hydrogen-bond acceptors (Lipinski definition) is 2. The quantitative estimate of drug-likeness (QED) is 0.566. The third kappa shape index (κ3) is 2.33. The molecule has 1 rings (SSSR count). The zero-order valence-corrected chi connectivity index (χ0v) is 6.19. The molecule has 0 aliphatic carbocycles. The topological polar surface area (TPSA) is 15.3 Å². The molecule has 0 bridgehead atoms. The highest BCUT2D eigenvalue weighted by Gasteiger charge is 2.03. The van der Waals surface area contributed by atoms with Gasteiger partial charge in [-0.1, -0.05) is 13.3 Å². The van der Waals surface area contributed by atoms with E-state index in [0.717, 1.165) is 6.54 Å². The van der Waals surface area contributed by atoms with Crippen molar-refractivity contribution in [2.24, 2.45) is 0 Å². The van der Waals surface area contributed by atoms with E-state index in [9.17, 15) is 0 Å². The summed E-state index contributed by atoms with van der Waals surface area (Å²) in [6.07, 6.45) is 4.10. The molecule has 1 fully saturated rings. The van der Waals surface area contributed by atoms with Gasteiger partial charge in [0.15, 0.2) is 0 Å². The maximum atomic E-state index is 3.36. The Morgan fingerprint density at radius 1 is 1.33 bits per heavy atom. The summed E-state index contributed by atoms with van der Waals surface area (Å²) in [5, 5.41) is 2.30. The summed E-state index contributed by atoms with van der Waals surface area (Å²) in [5.74, 6) is 0. The molecule has 2 nitrogen and oxygen atoms in total. The van der Waals surface area contributed by atoms with Crippen LogP contribution in [0.25, 0.3) is 0 Å². The van der Waals surface area contributed by atoms with E-state index in [1.807, 2.05) is 0 Å². The molecule has 0 unspecified atom stereocenters. The first-order valence-electron chi connectivity index (χ1n) is 3.92. The highest BCUT2D eigenvalue weighted by atomic mass is 15.5. The van der Waals surface area contributed by atoms with Gasteiger partial charge in [0.1, 0.15) is 0 Å². The molecular formula is C7H16N2. The van der Waals surface area contributed by atoms with E-state index in [2.05, 4.69) is 17.4 Å². The van der Waals surface area contributed by atoms with E-state index in [0.29, 0.717) is 0 Å². The van der Waals surface area contributed by atoms with Crippen LogP contribution >= 0.6 is 0 Å². The molecule has 54 valence electrons. The number of hydrazine groups is 1. The van der Waals surface area contributed by atoms with Crippen LogP contribution in [-0.4, -0.2) is 24.6 Å². The van der Waals surface area contributed by atoms with E-state index in [4.69, 9.17) is 0 Å². The van der Waals surface area contributed by atoms with Crippen LogP contribution in [0.15, 0.2) is 0 Å². The van der Waals surface area contributed by atoms with Crippen LogP contribution in [0.3, 0.4) is 0 Å². The Bertz CT molecular complexity index is 65.3. The van der Waals surface area contributed by atoms with Crippen LogP contribution in [0.2, 0.25) is 0 Å². The SMILES string of the molecule is CCN1CCCCCN1. The summed E-state index contributed by atoms with van der Waals surface area (Å²) in [6.45, 7) is 5.74. The van der Waals surface area contributed by atoms with Gasteiger partial charge in [-0.3, -0.25) is 5.43 Å². The first-order chi connectivity index (χ1) is 4.43. The van der Waals surface area contributed by atoms with Crippen LogP contribution in [0, 0.1) is 0 Å². The minimum absolute atomic E-state index is 1.14. The summed E-state index contributed by atoms with van der Waals surface area (Å²) >= 11 is 0. The lowest BCUT2D eigenvalue weighted by Crippen LogP contribution is -2.37. The van der Waals surface area contributed by atoms with Crippen LogP contribution < -0.4 is 5.43 Å². The van der Waals surface area contributed by atoms with Crippen molar-refractivity contribution < 1.29 is 0 Å². The Labute approximate surface area is 57.2 Å². The Kier molecular flexibility index (Phi) is 3.01. The second-order valence-electron chi connectivity index (χ2n) is 2.55. The van der Waals surface area contributed by atoms with Crippen LogP contribution in [0.5, 0.6) is 0 Å². The fourth-order valence-electron chi connectivity index (χ4n) is 1.19. The molecule has 0 spiro atoms. The number of hydrogen-bond donors (Lipinski definition) is 1. The van der Waals surface area contributed by atoms with E-state index in [-0.39, 0.29) is 0 Å². The monoisotopic (exact) mass is 128 g/mol. The molecule has 0 saturated carbocycles. The number of nitrogens with one attached hydrogen (secondary N) is 1. The van der Waals surface area contributed by atoms with E-state index in [1.165, 1.54) is 32.4 Å². The first-order valence-corrected chi connectivity index (χ1v) is 3.92. The first kappa shape index (κ1) is 7.03. The summed E-state index contributed by atoms with van der Waals surface area (Å²) in [7, 11) is 0. The highest BCUT2D eigenvalue weighted by molar-refractivity contribution is 4.56. The summed E-state index contributed by atoms with van der Waals surface area (Å²) in [5.41, 5.74) is 3.36. The lowest BCUT2D eigenvalue weighted by Gasteiger charge is -2.17. The van der Waals surface area contributed by atoms with E-state index in [1.54, 1.807) is 0 Å². The molecule has 0 aromatic carbocycles. The smallest absolute Gasteiger partial charge is 0.0130 e.